The number of alkyl halides is 3. The van der Waals surface area contributed by atoms with Gasteiger partial charge in [-0.2, -0.15) is 13.2 Å². The summed E-state index contributed by atoms with van der Waals surface area (Å²) in [6.45, 7) is 2.14. The molecule has 0 saturated carbocycles. The van der Waals surface area contributed by atoms with Gasteiger partial charge in [0.1, 0.15) is 0 Å². The second-order valence-electron chi connectivity index (χ2n) is 5.80. The van der Waals surface area contributed by atoms with Crippen LogP contribution in [0.15, 0.2) is 18.2 Å². The van der Waals surface area contributed by atoms with Gasteiger partial charge in [0.15, 0.2) is 0 Å². The molecular formula is C16H23F3N2O3. The van der Waals surface area contributed by atoms with Crippen LogP contribution < -0.4 is 5.32 Å². The van der Waals surface area contributed by atoms with Gasteiger partial charge in [0.05, 0.1) is 25.7 Å². The second-order valence-corrected chi connectivity index (χ2v) is 5.80. The predicted octanol–water partition coefficient (Wildman–Crippen LogP) is 1.85. The first-order chi connectivity index (χ1) is 11.1. The number of carbonyl (C=O) groups excluding carboxylic acids is 1. The van der Waals surface area contributed by atoms with Gasteiger partial charge in [-0.1, -0.05) is 12.1 Å². The molecule has 3 N–H and O–H groups in total. The molecule has 0 aliphatic rings. The highest BCUT2D eigenvalue weighted by Gasteiger charge is 2.28. The minimum Gasteiger partial charge on any atom is -0.394 e. The summed E-state index contributed by atoms with van der Waals surface area (Å²) in [5.74, 6) is -0.476. The molecule has 0 spiro atoms. The molecule has 1 aromatic carbocycles. The Labute approximate surface area is 139 Å². The van der Waals surface area contributed by atoms with Crippen LogP contribution in [0.2, 0.25) is 0 Å². The van der Waals surface area contributed by atoms with Crippen molar-refractivity contribution >= 4 is 11.6 Å². The molecule has 0 aliphatic carbocycles. The lowest BCUT2D eigenvalue weighted by Gasteiger charge is -2.24. The third-order valence-electron chi connectivity index (χ3n) is 3.43. The fourth-order valence-corrected chi connectivity index (χ4v) is 2.14. The Hall–Kier alpha value is -1.64. The smallest absolute Gasteiger partial charge is 0.390 e. The summed E-state index contributed by atoms with van der Waals surface area (Å²) >= 11 is 0. The number of benzene rings is 1. The van der Waals surface area contributed by atoms with Gasteiger partial charge in [-0.05, 0) is 31.0 Å². The van der Waals surface area contributed by atoms with Gasteiger partial charge in [-0.3, -0.25) is 9.69 Å². The third-order valence-corrected chi connectivity index (χ3v) is 3.43. The van der Waals surface area contributed by atoms with E-state index in [-0.39, 0.29) is 13.1 Å². The molecular weight excluding hydrogens is 325 g/mol. The van der Waals surface area contributed by atoms with Crippen molar-refractivity contribution in [3.8, 4) is 0 Å². The first kappa shape index (κ1) is 20.4. The number of anilines is 1. The number of aliphatic hydroxyl groups excluding tert-OH is 2. The first-order valence-electron chi connectivity index (χ1n) is 7.56. The summed E-state index contributed by atoms with van der Waals surface area (Å²) in [5, 5.41) is 20.9. The van der Waals surface area contributed by atoms with Gasteiger partial charge in [0.2, 0.25) is 5.91 Å². The van der Waals surface area contributed by atoms with Gasteiger partial charge in [-0.15, -0.1) is 0 Å². The summed E-state index contributed by atoms with van der Waals surface area (Å²) in [5.41, 5.74) is 2.38. The molecule has 0 aromatic heterocycles. The Morgan fingerprint density at radius 2 is 2.00 bits per heavy atom. The van der Waals surface area contributed by atoms with Crippen molar-refractivity contribution in [3.05, 3.63) is 29.3 Å². The number of hydrogen-bond acceptors (Lipinski definition) is 4. The first-order valence-corrected chi connectivity index (χ1v) is 7.56. The van der Waals surface area contributed by atoms with Crippen LogP contribution in [0.3, 0.4) is 0 Å². The summed E-state index contributed by atoms with van der Waals surface area (Å²) in [4.78, 5) is 13.3. The van der Waals surface area contributed by atoms with E-state index in [1.165, 1.54) is 4.90 Å². The Kier molecular flexibility index (Phi) is 7.65. The van der Waals surface area contributed by atoms with E-state index in [4.69, 9.17) is 5.11 Å². The minimum atomic E-state index is -4.36. The molecule has 0 unspecified atom stereocenters. The summed E-state index contributed by atoms with van der Waals surface area (Å²) in [7, 11) is 0. The standard InChI is InChI=1S/C16H23F3N2O3/c1-11-3-4-12(2)14(7-11)20-15(24)9-21(8-13(23)10-22)6-5-16(17,18)19/h3-4,7,13,22-23H,5-6,8-10H2,1-2H3,(H,20,24)/t13-/m0/s1. The number of amides is 1. The average molecular weight is 348 g/mol. The number of halogens is 3. The van der Waals surface area contributed by atoms with Crippen molar-refractivity contribution in [2.24, 2.45) is 0 Å². The molecule has 0 saturated heterocycles. The van der Waals surface area contributed by atoms with E-state index < -0.39 is 37.8 Å². The molecule has 24 heavy (non-hydrogen) atoms. The normalized spacial score (nSPS) is 13.2. The van der Waals surface area contributed by atoms with Gasteiger partial charge in [-0.25, -0.2) is 0 Å². The van der Waals surface area contributed by atoms with E-state index in [0.717, 1.165) is 11.1 Å². The van der Waals surface area contributed by atoms with Crippen molar-refractivity contribution in [1.82, 2.24) is 4.90 Å². The summed E-state index contributed by atoms with van der Waals surface area (Å²) in [6, 6.07) is 5.50. The molecule has 0 aliphatic heterocycles. The average Bonchev–Trinajstić information content (AvgIpc) is 2.47. The third kappa shape index (κ3) is 7.76. The molecule has 1 rings (SSSR count). The number of nitrogens with zero attached hydrogens (tertiary/aromatic N) is 1. The highest BCUT2D eigenvalue weighted by atomic mass is 19.4. The molecule has 5 nitrogen and oxygen atoms in total. The zero-order valence-electron chi connectivity index (χ0n) is 13.7. The Morgan fingerprint density at radius 1 is 1.33 bits per heavy atom. The quantitative estimate of drug-likeness (QED) is 0.670. The maximum absolute atomic E-state index is 12.4. The van der Waals surface area contributed by atoms with E-state index in [1.54, 1.807) is 6.07 Å². The van der Waals surface area contributed by atoms with Crippen molar-refractivity contribution in [3.63, 3.8) is 0 Å². The van der Waals surface area contributed by atoms with Crippen LogP contribution in [0.1, 0.15) is 17.5 Å². The topological polar surface area (TPSA) is 72.8 Å². The number of rotatable bonds is 8. The number of aliphatic hydroxyl groups is 2. The highest BCUT2D eigenvalue weighted by Crippen LogP contribution is 2.20. The monoisotopic (exact) mass is 348 g/mol. The SMILES string of the molecule is Cc1ccc(C)c(NC(=O)CN(CCC(F)(F)F)C[C@H](O)CO)c1. The number of nitrogens with one attached hydrogen (secondary N) is 1. The van der Waals surface area contributed by atoms with E-state index in [9.17, 15) is 23.1 Å². The Morgan fingerprint density at radius 3 is 2.58 bits per heavy atom. The van der Waals surface area contributed by atoms with E-state index >= 15 is 0 Å². The lowest BCUT2D eigenvalue weighted by molar-refractivity contribution is -0.140. The Bertz CT molecular complexity index is 550. The van der Waals surface area contributed by atoms with Crippen molar-refractivity contribution < 1.29 is 28.2 Å². The molecule has 8 heteroatoms. The minimum absolute atomic E-state index is 0.215. The van der Waals surface area contributed by atoms with E-state index in [1.807, 2.05) is 26.0 Å². The zero-order valence-corrected chi connectivity index (χ0v) is 13.7. The largest absolute Gasteiger partial charge is 0.394 e. The van der Waals surface area contributed by atoms with Crippen molar-refractivity contribution in [2.45, 2.75) is 32.5 Å². The van der Waals surface area contributed by atoms with E-state index in [2.05, 4.69) is 5.32 Å². The number of aryl methyl sites for hydroxylation is 2. The lowest BCUT2D eigenvalue weighted by atomic mass is 10.1. The van der Waals surface area contributed by atoms with Crippen LogP contribution in [0, 0.1) is 13.8 Å². The molecule has 1 amide bonds. The zero-order chi connectivity index (χ0) is 18.3. The number of carbonyl (C=O) groups is 1. The molecule has 1 aromatic rings. The molecule has 0 bridgehead atoms. The maximum atomic E-state index is 12.4. The van der Waals surface area contributed by atoms with Crippen LogP contribution in [0.25, 0.3) is 0 Å². The van der Waals surface area contributed by atoms with E-state index in [0.29, 0.717) is 5.69 Å². The van der Waals surface area contributed by atoms with Crippen LogP contribution in [-0.2, 0) is 4.79 Å². The fourth-order valence-electron chi connectivity index (χ4n) is 2.14. The predicted molar refractivity (Wildman–Crippen MR) is 84.8 cm³/mol. The summed E-state index contributed by atoms with van der Waals surface area (Å²) in [6.07, 6.45) is -6.65. The van der Waals surface area contributed by atoms with Gasteiger partial charge in [0.25, 0.3) is 0 Å². The van der Waals surface area contributed by atoms with Crippen LogP contribution >= 0.6 is 0 Å². The second kappa shape index (κ2) is 9.00. The van der Waals surface area contributed by atoms with Gasteiger partial charge < -0.3 is 15.5 Å². The van der Waals surface area contributed by atoms with Gasteiger partial charge in [0, 0.05) is 18.8 Å². The lowest BCUT2D eigenvalue weighted by Crippen LogP contribution is -2.41. The Balaban J connectivity index is 2.69. The molecule has 0 radical (unpaired) electrons. The van der Waals surface area contributed by atoms with Crippen LogP contribution in [0.4, 0.5) is 18.9 Å². The van der Waals surface area contributed by atoms with Crippen molar-refractivity contribution in [1.29, 1.82) is 0 Å². The van der Waals surface area contributed by atoms with Crippen LogP contribution in [-0.4, -0.2) is 59.5 Å². The summed E-state index contributed by atoms with van der Waals surface area (Å²) < 4.78 is 37.1. The van der Waals surface area contributed by atoms with Gasteiger partial charge >= 0.3 is 6.18 Å². The number of hydrogen-bond donors (Lipinski definition) is 3. The maximum Gasteiger partial charge on any atom is 0.390 e. The highest BCUT2D eigenvalue weighted by molar-refractivity contribution is 5.93. The molecule has 136 valence electrons. The molecule has 0 fully saturated rings. The van der Waals surface area contributed by atoms with Crippen LogP contribution in [0.5, 0.6) is 0 Å². The molecule has 0 heterocycles. The fraction of sp³-hybridized carbons (Fsp3) is 0.562. The molecule has 1 atom stereocenters. The van der Waals surface area contributed by atoms with Crippen molar-refractivity contribution in [2.75, 3.05) is 31.6 Å².